The van der Waals surface area contributed by atoms with Crippen molar-refractivity contribution in [3.63, 3.8) is 0 Å². The number of hydrogen-bond acceptors (Lipinski definition) is 2. The molecule has 5 heteroatoms. The van der Waals surface area contributed by atoms with Gasteiger partial charge < -0.3 is 5.32 Å². The maximum atomic E-state index is 13.6. The van der Waals surface area contributed by atoms with Crippen LogP contribution in [0.25, 0.3) is 10.9 Å². The lowest BCUT2D eigenvalue weighted by Gasteiger charge is -2.10. The number of nitrogens with one attached hydrogen (secondary N) is 1. The third kappa shape index (κ3) is 1.81. The molecule has 0 fully saturated rings. The average molecular weight is 240 g/mol. The molecule has 0 amide bonds. The van der Waals surface area contributed by atoms with Gasteiger partial charge in [0.05, 0.1) is 5.39 Å². The van der Waals surface area contributed by atoms with Crippen LogP contribution in [0.3, 0.4) is 0 Å². The van der Waals surface area contributed by atoms with Crippen LogP contribution in [-0.4, -0.2) is 12.0 Å². The minimum Gasteiger partial charge on any atom is -0.387 e. The Balaban J connectivity index is 2.93. The molecule has 0 saturated heterocycles. The maximum Gasteiger partial charge on any atom is 0.185 e. The third-order valence-electron chi connectivity index (χ3n) is 2.61. The summed E-state index contributed by atoms with van der Waals surface area (Å²) in [6.07, 6.45) is 0.558. The fourth-order valence-corrected chi connectivity index (χ4v) is 1.74. The van der Waals surface area contributed by atoms with E-state index in [9.17, 15) is 13.2 Å². The summed E-state index contributed by atoms with van der Waals surface area (Å²) >= 11 is 0. The van der Waals surface area contributed by atoms with E-state index in [2.05, 4.69) is 10.3 Å². The molecular weight excluding hydrogens is 229 g/mol. The molecule has 1 N–H and O–H groups in total. The number of pyridine rings is 1. The number of aromatic nitrogens is 1. The van der Waals surface area contributed by atoms with Crippen molar-refractivity contribution in [1.29, 1.82) is 0 Å². The van der Waals surface area contributed by atoms with Gasteiger partial charge in [-0.05, 0) is 12.5 Å². The summed E-state index contributed by atoms with van der Waals surface area (Å²) in [5.41, 5.74) is 0.709. The first-order chi connectivity index (χ1) is 8.08. The second-order valence-electron chi connectivity index (χ2n) is 3.64. The summed E-state index contributed by atoms with van der Waals surface area (Å²) in [6, 6.07) is 2.16. The first-order valence-electron chi connectivity index (χ1n) is 5.23. The van der Waals surface area contributed by atoms with Gasteiger partial charge >= 0.3 is 0 Å². The molecule has 2 nitrogen and oxygen atoms in total. The fraction of sp³-hybridized carbons (Fsp3) is 0.250. The van der Waals surface area contributed by atoms with Gasteiger partial charge in [-0.15, -0.1) is 0 Å². The van der Waals surface area contributed by atoms with E-state index in [1.54, 1.807) is 13.1 Å². The van der Waals surface area contributed by atoms with Crippen molar-refractivity contribution < 1.29 is 13.2 Å². The molecule has 0 bridgehead atoms. The smallest absolute Gasteiger partial charge is 0.185 e. The topological polar surface area (TPSA) is 24.9 Å². The van der Waals surface area contributed by atoms with Crippen molar-refractivity contribution in [2.75, 3.05) is 12.4 Å². The van der Waals surface area contributed by atoms with Crippen LogP contribution in [-0.2, 0) is 6.42 Å². The number of anilines is 1. The van der Waals surface area contributed by atoms with Crippen LogP contribution in [0, 0.1) is 17.5 Å². The normalized spacial score (nSPS) is 10.9. The van der Waals surface area contributed by atoms with E-state index < -0.39 is 17.5 Å². The zero-order valence-electron chi connectivity index (χ0n) is 9.44. The quantitative estimate of drug-likeness (QED) is 0.815. The van der Waals surface area contributed by atoms with Crippen molar-refractivity contribution in [3.05, 3.63) is 35.3 Å². The molecule has 17 heavy (non-hydrogen) atoms. The zero-order chi connectivity index (χ0) is 12.6. The molecule has 0 unspecified atom stereocenters. The number of halogens is 3. The highest BCUT2D eigenvalue weighted by Gasteiger charge is 2.17. The van der Waals surface area contributed by atoms with E-state index >= 15 is 0 Å². The Hall–Kier alpha value is -1.78. The standard InChI is InChI=1S/C12H11F3N2/c1-3-6-4-9(16-2)10-7(13)5-8(14)11(15)12(10)17-6/h4-5H,3H2,1-2H3,(H,16,17). The maximum absolute atomic E-state index is 13.6. The predicted molar refractivity (Wildman–Crippen MR) is 60.5 cm³/mol. The molecule has 0 radical (unpaired) electrons. The van der Waals surface area contributed by atoms with Crippen LogP contribution < -0.4 is 5.32 Å². The molecule has 0 aliphatic carbocycles. The second kappa shape index (κ2) is 4.24. The first kappa shape index (κ1) is 11.7. The SMILES string of the molecule is CCc1cc(NC)c2c(F)cc(F)c(F)c2n1. The van der Waals surface area contributed by atoms with Crippen molar-refractivity contribution >= 4 is 16.6 Å². The van der Waals surface area contributed by atoms with Gasteiger partial charge in [0.25, 0.3) is 0 Å². The number of nitrogens with zero attached hydrogens (tertiary/aromatic N) is 1. The van der Waals surface area contributed by atoms with E-state index in [-0.39, 0.29) is 10.9 Å². The fourth-order valence-electron chi connectivity index (χ4n) is 1.74. The average Bonchev–Trinajstić information content (AvgIpc) is 2.34. The summed E-state index contributed by atoms with van der Waals surface area (Å²) < 4.78 is 40.3. The Morgan fingerprint density at radius 1 is 1.18 bits per heavy atom. The van der Waals surface area contributed by atoms with Crippen LogP contribution in [0.1, 0.15) is 12.6 Å². The summed E-state index contributed by atoms with van der Waals surface area (Å²) in [5.74, 6) is -3.16. The first-order valence-corrected chi connectivity index (χ1v) is 5.23. The van der Waals surface area contributed by atoms with Crippen molar-refractivity contribution in [2.45, 2.75) is 13.3 Å². The number of fused-ring (bicyclic) bond motifs is 1. The molecule has 0 saturated carbocycles. The minimum atomic E-state index is -1.22. The molecule has 0 atom stereocenters. The Morgan fingerprint density at radius 3 is 2.47 bits per heavy atom. The van der Waals surface area contributed by atoms with Gasteiger partial charge in [0.1, 0.15) is 11.3 Å². The summed E-state index contributed by atoms with van der Waals surface area (Å²) in [6.45, 7) is 1.83. The van der Waals surface area contributed by atoms with E-state index in [1.165, 1.54) is 0 Å². The van der Waals surface area contributed by atoms with Gasteiger partial charge in [0.2, 0.25) is 0 Å². The molecule has 1 heterocycles. The Labute approximate surface area is 96.5 Å². The molecule has 0 spiro atoms. The summed E-state index contributed by atoms with van der Waals surface area (Å²) in [5, 5.41) is 2.74. The van der Waals surface area contributed by atoms with Crippen molar-refractivity contribution in [3.8, 4) is 0 Å². The number of rotatable bonds is 2. The molecular formula is C12H11F3N2. The largest absolute Gasteiger partial charge is 0.387 e. The minimum absolute atomic E-state index is 0.0244. The highest BCUT2D eigenvalue weighted by molar-refractivity contribution is 5.92. The van der Waals surface area contributed by atoms with E-state index in [4.69, 9.17) is 0 Å². The van der Waals surface area contributed by atoms with Gasteiger partial charge in [-0.1, -0.05) is 6.92 Å². The van der Waals surface area contributed by atoms with E-state index in [0.29, 0.717) is 23.9 Å². The summed E-state index contributed by atoms with van der Waals surface area (Å²) in [4.78, 5) is 3.93. The van der Waals surface area contributed by atoms with Crippen molar-refractivity contribution in [2.24, 2.45) is 0 Å². The van der Waals surface area contributed by atoms with Crippen LogP contribution in [0.2, 0.25) is 0 Å². The third-order valence-corrected chi connectivity index (χ3v) is 2.61. The molecule has 0 aliphatic rings. The van der Waals surface area contributed by atoms with Gasteiger partial charge in [0.15, 0.2) is 11.6 Å². The number of benzene rings is 1. The van der Waals surface area contributed by atoms with Crippen LogP contribution in [0.15, 0.2) is 12.1 Å². The zero-order valence-corrected chi connectivity index (χ0v) is 9.44. The van der Waals surface area contributed by atoms with Crippen LogP contribution in [0.5, 0.6) is 0 Å². The van der Waals surface area contributed by atoms with E-state index in [0.717, 1.165) is 0 Å². The van der Waals surface area contributed by atoms with Crippen molar-refractivity contribution in [1.82, 2.24) is 4.98 Å². The monoisotopic (exact) mass is 240 g/mol. The predicted octanol–water partition coefficient (Wildman–Crippen LogP) is 3.26. The molecule has 0 aliphatic heterocycles. The summed E-state index contributed by atoms with van der Waals surface area (Å²) in [7, 11) is 1.59. The number of aryl methyl sites for hydroxylation is 1. The molecule has 2 rings (SSSR count). The van der Waals surface area contributed by atoms with Gasteiger partial charge in [-0.2, -0.15) is 0 Å². The Kier molecular flexibility index (Phi) is 2.92. The molecule has 90 valence electrons. The second-order valence-corrected chi connectivity index (χ2v) is 3.64. The Morgan fingerprint density at radius 2 is 1.88 bits per heavy atom. The Bertz CT molecular complexity index is 582. The van der Waals surface area contributed by atoms with Crippen LogP contribution >= 0.6 is 0 Å². The highest BCUT2D eigenvalue weighted by atomic mass is 19.2. The molecule has 2 aromatic rings. The van der Waals surface area contributed by atoms with Gasteiger partial charge in [-0.25, -0.2) is 18.2 Å². The lowest BCUT2D eigenvalue weighted by Crippen LogP contribution is -2.01. The number of hydrogen-bond donors (Lipinski definition) is 1. The lowest BCUT2D eigenvalue weighted by atomic mass is 10.1. The van der Waals surface area contributed by atoms with E-state index in [1.807, 2.05) is 6.92 Å². The highest BCUT2D eigenvalue weighted by Crippen LogP contribution is 2.29. The molecule has 1 aromatic heterocycles. The van der Waals surface area contributed by atoms with Gasteiger partial charge in [-0.3, -0.25) is 0 Å². The lowest BCUT2D eigenvalue weighted by molar-refractivity contribution is 0.504. The van der Waals surface area contributed by atoms with Crippen LogP contribution in [0.4, 0.5) is 18.9 Å². The van der Waals surface area contributed by atoms with Gasteiger partial charge in [0, 0.05) is 24.5 Å². The molecule has 1 aromatic carbocycles.